The zero-order chi connectivity index (χ0) is 15.6. The number of nitrogen functional groups attached to an aromatic ring is 1. The average Bonchev–Trinajstić information content (AvgIpc) is 2.75. The SMILES string of the molecule is CCOC(C)(C)CNC(=O)c1sc2cccc(Br)c2c1N. The summed E-state index contributed by atoms with van der Waals surface area (Å²) in [6.45, 7) is 6.88. The van der Waals surface area contributed by atoms with Gasteiger partial charge in [0, 0.05) is 27.7 Å². The molecule has 21 heavy (non-hydrogen) atoms. The van der Waals surface area contributed by atoms with Crippen molar-refractivity contribution in [3.05, 3.63) is 27.5 Å². The summed E-state index contributed by atoms with van der Waals surface area (Å²) in [5.74, 6) is -0.159. The van der Waals surface area contributed by atoms with E-state index in [0.29, 0.717) is 23.7 Å². The molecule has 1 aromatic heterocycles. The lowest BCUT2D eigenvalue weighted by molar-refractivity contribution is -0.00812. The lowest BCUT2D eigenvalue weighted by atomic mass is 10.1. The van der Waals surface area contributed by atoms with Crippen LogP contribution in [0.25, 0.3) is 10.1 Å². The third-order valence-electron chi connectivity index (χ3n) is 3.12. The summed E-state index contributed by atoms with van der Waals surface area (Å²) < 4.78 is 7.48. The van der Waals surface area contributed by atoms with Gasteiger partial charge in [-0.1, -0.05) is 22.0 Å². The van der Waals surface area contributed by atoms with Crippen LogP contribution in [0, 0.1) is 0 Å². The molecule has 0 atom stereocenters. The highest BCUT2D eigenvalue weighted by atomic mass is 79.9. The fraction of sp³-hybridized carbons (Fsp3) is 0.400. The summed E-state index contributed by atoms with van der Waals surface area (Å²) in [4.78, 5) is 12.9. The van der Waals surface area contributed by atoms with Gasteiger partial charge in [0.1, 0.15) is 4.88 Å². The maximum atomic E-state index is 12.3. The van der Waals surface area contributed by atoms with Gasteiger partial charge in [0.15, 0.2) is 0 Å². The van der Waals surface area contributed by atoms with Crippen molar-refractivity contribution in [1.82, 2.24) is 5.32 Å². The van der Waals surface area contributed by atoms with Crippen molar-refractivity contribution in [3.63, 3.8) is 0 Å². The van der Waals surface area contributed by atoms with Crippen molar-refractivity contribution >= 4 is 48.9 Å². The highest BCUT2D eigenvalue weighted by Crippen LogP contribution is 2.38. The number of halogens is 1. The van der Waals surface area contributed by atoms with Gasteiger partial charge >= 0.3 is 0 Å². The van der Waals surface area contributed by atoms with Crippen molar-refractivity contribution in [3.8, 4) is 0 Å². The number of thiophene rings is 1. The Kier molecular flexibility index (Phi) is 4.91. The molecular weight excluding hydrogens is 352 g/mol. The van der Waals surface area contributed by atoms with Crippen LogP contribution in [0.5, 0.6) is 0 Å². The van der Waals surface area contributed by atoms with Crippen LogP contribution >= 0.6 is 27.3 Å². The maximum absolute atomic E-state index is 12.3. The van der Waals surface area contributed by atoms with Crippen LogP contribution in [0.15, 0.2) is 22.7 Å². The Morgan fingerprint density at radius 2 is 2.19 bits per heavy atom. The summed E-state index contributed by atoms with van der Waals surface area (Å²) in [7, 11) is 0. The summed E-state index contributed by atoms with van der Waals surface area (Å²) in [5, 5.41) is 3.80. The van der Waals surface area contributed by atoms with Crippen LogP contribution in [0.1, 0.15) is 30.4 Å². The van der Waals surface area contributed by atoms with Crippen LogP contribution < -0.4 is 11.1 Å². The van der Waals surface area contributed by atoms with Gasteiger partial charge in [0.2, 0.25) is 0 Å². The fourth-order valence-electron chi connectivity index (χ4n) is 2.11. The highest BCUT2D eigenvalue weighted by Gasteiger charge is 2.22. The van der Waals surface area contributed by atoms with E-state index in [1.807, 2.05) is 39.0 Å². The third-order valence-corrected chi connectivity index (χ3v) is 4.95. The number of amides is 1. The second kappa shape index (κ2) is 6.34. The lowest BCUT2D eigenvalue weighted by Crippen LogP contribution is -2.40. The Hall–Kier alpha value is -1.11. The van der Waals surface area contributed by atoms with E-state index < -0.39 is 5.60 Å². The van der Waals surface area contributed by atoms with Crippen molar-refractivity contribution in [1.29, 1.82) is 0 Å². The second-order valence-electron chi connectivity index (χ2n) is 5.33. The number of benzene rings is 1. The van der Waals surface area contributed by atoms with Crippen LogP contribution in [-0.2, 0) is 4.74 Å². The normalized spacial score (nSPS) is 11.8. The minimum absolute atomic E-state index is 0.159. The Balaban J connectivity index is 2.21. The van der Waals surface area contributed by atoms with Gasteiger partial charge in [-0.3, -0.25) is 4.79 Å². The van der Waals surface area contributed by atoms with Gasteiger partial charge < -0.3 is 15.8 Å². The Bertz CT molecular complexity index is 667. The molecule has 0 bridgehead atoms. The number of carbonyl (C=O) groups excluding carboxylic acids is 1. The zero-order valence-electron chi connectivity index (χ0n) is 12.3. The van der Waals surface area contributed by atoms with Gasteiger partial charge in [-0.05, 0) is 32.9 Å². The van der Waals surface area contributed by atoms with Crippen molar-refractivity contribution < 1.29 is 9.53 Å². The summed E-state index contributed by atoms with van der Waals surface area (Å²) in [6.07, 6.45) is 0. The van der Waals surface area contributed by atoms with E-state index in [4.69, 9.17) is 10.5 Å². The smallest absolute Gasteiger partial charge is 0.263 e. The molecule has 0 spiro atoms. The molecule has 3 N–H and O–H groups in total. The minimum atomic E-state index is -0.392. The molecule has 0 unspecified atom stereocenters. The largest absolute Gasteiger partial charge is 0.397 e. The number of hydrogen-bond acceptors (Lipinski definition) is 4. The first-order valence-electron chi connectivity index (χ1n) is 6.74. The van der Waals surface area contributed by atoms with Crippen molar-refractivity contribution in [2.24, 2.45) is 0 Å². The van der Waals surface area contributed by atoms with E-state index in [1.165, 1.54) is 11.3 Å². The number of nitrogens with one attached hydrogen (secondary N) is 1. The molecule has 4 nitrogen and oxygen atoms in total. The van der Waals surface area contributed by atoms with Crippen LogP contribution in [0.4, 0.5) is 5.69 Å². The number of nitrogens with two attached hydrogens (primary N) is 1. The van der Waals surface area contributed by atoms with E-state index >= 15 is 0 Å². The summed E-state index contributed by atoms with van der Waals surface area (Å²) in [5.41, 5.74) is 6.26. The zero-order valence-corrected chi connectivity index (χ0v) is 14.7. The molecule has 2 aromatic rings. The predicted molar refractivity (Wildman–Crippen MR) is 92.0 cm³/mol. The molecule has 1 amide bonds. The third kappa shape index (κ3) is 3.56. The van der Waals surface area contributed by atoms with Crippen LogP contribution in [0.2, 0.25) is 0 Å². The Morgan fingerprint density at radius 1 is 1.48 bits per heavy atom. The maximum Gasteiger partial charge on any atom is 0.263 e. The molecule has 0 saturated carbocycles. The molecule has 2 rings (SSSR count). The number of fused-ring (bicyclic) bond motifs is 1. The second-order valence-corrected chi connectivity index (χ2v) is 7.24. The van der Waals surface area contributed by atoms with Gasteiger partial charge in [-0.15, -0.1) is 11.3 Å². The fourth-order valence-corrected chi connectivity index (χ4v) is 3.89. The number of carbonyl (C=O) groups is 1. The van der Waals surface area contributed by atoms with E-state index in [9.17, 15) is 4.79 Å². The van der Waals surface area contributed by atoms with Gasteiger partial charge in [0.05, 0.1) is 11.3 Å². The number of ether oxygens (including phenoxy) is 1. The Labute approximate surface area is 136 Å². The van der Waals surface area contributed by atoms with Crippen molar-refractivity contribution in [2.45, 2.75) is 26.4 Å². The molecular formula is C15H19BrN2O2S. The first-order valence-corrected chi connectivity index (χ1v) is 8.35. The molecule has 1 heterocycles. The number of rotatable bonds is 5. The first kappa shape index (κ1) is 16.3. The summed E-state index contributed by atoms with van der Waals surface area (Å²) >= 11 is 4.88. The lowest BCUT2D eigenvalue weighted by Gasteiger charge is -2.24. The van der Waals surface area contributed by atoms with Crippen LogP contribution in [0.3, 0.4) is 0 Å². The minimum Gasteiger partial charge on any atom is -0.397 e. The standard InChI is InChI=1S/C15H19BrN2O2S/c1-4-20-15(2,3)8-18-14(19)13-12(17)11-9(16)6-5-7-10(11)21-13/h5-7H,4,8,17H2,1-3H3,(H,18,19). The molecule has 0 radical (unpaired) electrons. The molecule has 0 saturated heterocycles. The first-order chi connectivity index (χ1) is 9.85. The molecule has 6 heteroatoms. The summed E-state index contributed by atoms with van der Waals surface area (Å²) in [6, 6.07) is 5.82. The predicted octanol–water partition coefficient (Wildman–Crippen LogP) is 3.79. The van der Waals surface area contributed by atoms with Crippen molar-refractivity contribution in [2.75, 3.05) is 18.9 Å². The van der Waals surface area contributed by atoms with E-state index in [-0.39, 0.29) is 5.91 Å². The quantitative estimate of drug-likeness (QED) is 0.841. The molecule has 0 aliphatic heterocycles. The average molecular weight is 371 g/mol. The molecule has 114 valence electrons. The molecule has 0 aliphatic rings. The Morgan fingerprint density at radius 3 is 2.81 bits per heavy atom. The van der Waals surface area contributed by atoms with Crippen LogP contribution in [-0.4, -0.2) is 24.7 Å². The van der Waals surface area contributed by atoms with Gasteiger partial charge in [0.25, 0.3) is 5.91 Å². The number of anilines is 1. The van der Waals surface area contributed by atoms with Gasteiger partial charge in [-0.25, -0.2) is 0 Å². The monoisotopic (exact) mass is 370 g/mol. The van der Waals surface area contributed by atoms with Gasteiger partial charge in [-0.2, -0.15) is 0 Å². The van der Waals surface area contributed by atoms with E-state index in [0.717, 1.165) is 14.6 Å². The molecule has 0 aliphatic carbocycles. The molecule has 1 aromatic carbocycles. The number of hydrogen-bond donors (Lipinski definition) is 2. The van der Waals surface area contributed by atoms with E-state index in [2.05, 4.69) is 21.2 Å². The topological polar surface area (TPSA) is 64.3 Å². The highest BCUT2D eigenvalue weighted by molar-refractivity contribution is 9.10. The molecule has 0 fully saturated rings. The van der Waals surface area contributed by atoms with E-state index in [1.54, 1.807) is 0 Å².